The van der Waals surface area contributed by atoms with Gasteiger partial charge in [-0.25, -0.2) is 0 Å². The monoisotopic (exact) mass is 288 g/mol. The highest BCUT2D eigenvalue weighted by molar-refractivity contribution is 6.99. The lowest BCUT2D eigenvalue weighted by atomic mass is 10.2. The van der Waals surface area contributed by atoms with E-state index in [-0.39, 0.29) is 4.85 Å². The van der Waals surface area contributed by atoms with Gasteiger partial charge >= 0.3 is 0 Å². The van der Waals surface area contributed by atoms with Gasteiger partial charge in [-0.2, -0.15) is 0 Å². The Balaban J connectivity index is 4.81. The van der Waals surface area contributed by atoms with E-state index in [1.807, 2.05) is 0 Å². The van der Waals surface area contributed by atoms with Crippen LogP contribution in [0.25, 0.3) is 0 Å². The molecule has 2 nitrogen and oxygen atoms in total. The molecule has 1 atom stereocenters. The molecule has 1 unspecified atom stereocenters. The number of carbonyl (C=O) groups is 1. The lowest BCUT2D eigenvalue weighted by molar-refractivity contribution is -0.132. The summed E-state index contributed by atoms with van der Waals surface area (Å²) in [5.74, 6) is 0. The molecule has 108 valence electrons. The van der Waals surface area contributed by atoms with Gasteiger partial charge in [-0.15, -0.1) is 0 Å². The number of ether oxygens (including phenoxy) is 1. The zero-order valence-corrected chi connectivity index (χ0v) is 15.4. The summed E-state index contributed by atoms with van der Waals surface area (Å²) < 4.78 is 5.66. The van der Waals surface area contributed by atoms with Crippen LogP contribution in [0.4, 0.5) is 0 Å². The van der Waals surface area contributed by atoms with Gasteiger partial charge in [0.25, 0.3) is 6.47 Å². The second kappa shape index (κ2) is 6.89. The van der Waals surface area contributed by atoms with E-state index in [1.165, 1.54) is 31.7 Å². The quantitative estimate of drug-likeness (QED) is 0.351. The predicted molar refractivity (Wildman–Crippen MR) is 85.3 cm³/mol. The van der Waals surface area contributed by atoms with Crippen LogP contribution in [0, 0.1) is 0 Å². The Morgan fingerprint density at radius 1 is 1.06 bits per heavy atom. The third-order valence-corrected chi connectivity index (χ3v) is 16.2. The molecule has 0 N–H and O–H groups in total. The van der Waals surface area contributed by atoms with E-state index in [9.17, 15) is 4.79 Å². The van der Waals surface area contributed by atoms with Crippen LogP contribution in [-0.2, 0) is 9.53 Å². The minimum atomic E-state index is -1.56. The highest BCUT2D eigenvalue weighted by Gasteiger charge is 2.53. The Labute approximate surface area is 116 Å². The van der Waals surface area contributed by atoms with Crippen molar-refractivity contribution in [3.05, 3.63) is 0 Å². The van der Waals surface area contributed by atoms with Gasteiger partial charge in [0, 0.05) is 0 Å². The molecule has 0 radical (unpaired) electrons. The molecule has 0 bridgehead atoms. The van der Waals surface area contributed by atoms with Crippen LogP contribution in [0.15, 0.2) is 0 Å². The first-order valence-electron chi connectivity index (χ1n) is 7.24. The van der Waals surface area contributed by atoms with E-state index in [1.54, 1.807) is 0 Å². The van der Waals surface area contributed by atoms with Crippen LogP contribution in [0.3, 0.4) is 0 Å². The lowest BCUT2D eigenvalue weighted by Crippen LogP contribution is -2.67. The van der Waals surface area contributed by atoms with Gasteiger partial charge in [-0.1, -0.05) is 71.4 Å². The van der Waals surface area contributed by atoms with E-state index in [4.69, 9.17) is 4.74 Å². The van der Waals surface area contributed by atoms with Crippen LogP contribution in [0.5, 0.6) is 0 Å². The van der Waals surface area contributed by atoms with E-state index < -0.39 is 16.1 Å². The molecular formula is C14H32O2Si2. The average Bonchev–Trinajstić information content (AvgIpc) is 2.23. The summed E-state index contributed by atoms with van der Waals surface area (Å²) in [5, 5.41) is 0. The standard InChI is InChI=1S/C14H32O2Si2/c1-8-9-10-11-12-18(6,7)14(2,16-13-15)17(3,4)5/h13H,8-12H2,1-7H3. The molecule has 0 heterocycles. The fourth-order valence-corrected chi connectivity index (χ4v) is 13.6. The minimum Gasteiger partial charge on any atom is -0.469 e. The van der Waals surface area contributed by atoms with E-state index in [0.29, 0.717) is 6.47 Å². The molecular weight excluding hydrogens is 256 g/mol. The molecule has 18 heavy (non-hydrogen) atoms. The molecule has 0 aromatic carbocycles. The molecule has 0 spiro atoms. The second-order valence-corrected chi connectivity index (χ2v) is 18.4. The molecule has 0 saturated carbocycles. The number of hydrogen-bond acceptors (Lipinski definition) is 2. The molecule has 0 fully saturated rings. The number of rotatable bonds is 9. The van der Waals surface area contributed by atoms with E-state index in [2.05, 4.69) is 46.6 Å². The maximum atomic E-state index is 10.9. The molecule has 0 aliphatic carbocycles. The summed E-state index contributed by atoms with van der Waals surface area (Å²) in [6.07, 6.45) is 5.20. The third kappa shape index (κ3) is 4.23. The van der Waals surface area contributed by atoms with Crippen molar-refractivity contribution in [3.8, 4) is 0 Å². The Morgan fingerprint density at radius 2 is 1.61 bits per heavy atom. The van der Waals surface area contributed by atoms with Crippen molar-refractivity contribution < 1.29 is 9.53 Å². The van der Waals surface area contributed by atoms with Crippen molar-refractivity contribution in [2.75, 3.05) is 0 Å². The molecule has 0 aromatic heterocycles. The first kappa shape index (κ1) is 17.9. The Morgan fingerprint density at radius 3 is 2.00 bits per heavy atom. The zero-order chi connectivity index (χ0) is 14.4. The van der Waals surface area contributed by atoms with Crippen molar-refractivity contribution >= 4 is 22.6 Å². The van der Waals surface area contributed by atoms with Crippen molar-refractivity contribution in [2.24, 2.45) is 0 Å². The van der Waals surface area contributed by atoms with Gasteiger partial charge < -0.3 is 4.74 Å². The first-order valence-corrected chi connectivity index (χ1v) is 13.9. The molecule has 4 heteroatoms. The largest absolute Gasteiger partial charge is 0.469 e. The predicted octanol–water partition coefficient (Wildman–Crippen LogP) is 4.62. The lowest BCUT2D eigenvalue weighted by Gasteiger charge is -2.49. The summed E-state index contributed by atoms with van der Waals surface area (Å²) >= 11 is 0. The van der Waals surface area contributed by atoms with Crippen molar-refractivity contribution in [3.63, 3.8) is 0 Å². The van der Waals surface area contributed by atoms with Gasteiger partial charge in [0.05, 0.1) is 21.0 Å². The van der Waals surface area contributed by atoms with Gasteiger partial charge in [0.1, 0.15) is 0 Å². The summed E-state index contributed by atoms with van der Waals surface area (Å²) in [5.41, 5.74) is 0. The Hall–Kier alpha value is -0.0962. The van der Waals surface area contributed by atoms with Crippen LogP contribution >= 0.6 is 0 Å². The van der Waals surface area contributed by atoms with Crippen molar-refractivity contribution in [1.82, 2.24) is 0 Å². The fraction of sp³-hybridized carbons (Fsp3) is 0.929. The average molecular weight is 289 g/mol. The van der Waals surface area contributed by atoms with Crippen molar-refractivity contribution in [1.29, 1.82) is 0 Å². The summed E-state index contributed by atoms with van der Waals surface area (Å²) in [6, 6.07) is 1.27. The fourth-order valence-electron chi connectivity index (χ4n) is 2.68. The molecule has 0 rings (SSSR count). The zero-order valence-electron chi connectivity index (χ0n) is 13.4. The van der Waals surface area contributed by atoms with E-state index >= 15 is 0 Å². The highest BCUT2D eigenvalue weighted by Crippen LogP contribution is 2.37. The maximum Gasteiger partial charge on any atom is 0.292 e. The highest BCUT2D eigenvalue weighted by atomic mass is 28.4. The van der Waals surface area contributed by atoms with Crippen LogP contribution < -0.4 is 0 Å². The normalized spacial score (nSPS) is 16.2. The van der Waals surface area contributed by atoms with Crippen molar-refractivity contribution in [2.45, 2.75) is 83.2 Å². The van der Waals surface area contributed by atoms with E-state index in [0.717, 1.165) is 0 Å². The second-order valence-electron chi connectivity index (χ2n) is 7.19. The molecule has 0 saturated heterocycles. The van der Waals surface area contributed by atoms with Crippen LogP contribution in [0.1, 0.15) is 39.5 Å². The van der Waals surface area contributed by atoms with Crippen LogP contribution in [0.2, 0.25) is 38.8 Å². The summed E-state index contributed by atoms with van der Waals surface area (Å²) in [6.45, 7) is 16.8. The Bertz CT molecular complexity index is 259. The first-order chi connectivity index (χ1) is 8.12. The van der Waals surface area contributed by atoms with Gasteiger partial charge in [-0.3, -0.25) is 4.79 Å². The Kier molecular flexibility index (Phi) is 6.86. The van der Waals surface area contributed by atoms with Crippen LogP contribution in [-0.4, -0.2) is 27.5 Å². The molecule has 0 amide bonds. The topological polar surface area (TPSA) is 26.3 Å². The SMILES string of the molecule is CCCCCC[Si](C)(C)C(C)(OC=O)[Si](C)(C)C. The molecule has 0 aliphatic rings. The smallest absolute Gasteiger partial charge is 0.292 e. The van der Waals surface area contributed by atoms with Gasteiger partial charge in [0.2, 0.25) is 0 Å². The summed E-state index contributed by atoms with van der Waals surface area (Å²) in [4.78, 5) is 10.8. The minimum absolute atomic E-state index is 0.159. The number of carbonyl (C=O) groups excluding carboxylic acids is 1. The number of hydrogen-bond donors (Lipinski definition) is 0. The molecule has 0 aliphatic heterocycles. The maximum absolute atomic E-state index is 10.9. The van der Waals surface area contributed by atoms with Gasteiger partial charge in [0.15, 0.2) is 0 Å². The third-order valence-electron chi connectivity index (χ3n) is 4.66. The number of unbranched alkanes of at least 4 members (excludes halogenated alkanes) is 3. The van der Waals surface area contributed by atoms with Gasteiger partial charge in [-0.05, 0) is 6.92 Å². The summed E-state index contributed by atoms with van der Waals surface area (Å²) in [7, 11) is -3.08. The molecule has 0 aromatic rings.